The lowest BCUT2D eigenvalue weighted by molar-refractivity contribution is -0.139. The average molecular weight is 270 g/mol. The van der Waals surface area contributed by atoms with Gasteiger partial charge in [-0.3, -0.25) is 14.3 Å². The van der Waals surface area contributed by atoms with Crippen molar-refractivity contribution < 1.29 is 22.7 Å². The lowest BCUT2D eigenvalue weighted by atomic mass is 10.2. The quantitative estimate of drug-likeness (QED) is 0.791. The number of alkyl halides is 4. The number of rotatable bonds is 4. The number of hydrogen-bond donors (Lipinski definition) is 2. The van der Waals surface area contributed by atoms with Crippen molar-refractivity contribution in [3.8, 4) is 5.88 Å². The first-order valence-electron chi connectivity index (χ1n) is 4.91. The van der Waals surface area contributed by atoms with Crippen molar-refractivity contribution in [2.75, 3.05) is 0 Å². The summed E-state index contributed by atoms with van der Waals surface area (Å²) in [4.78, 5) is 24.1. The molecule has 0 saturated heterocycles. The number of halogens is 4. The van der Waals surface area contributed by atoms with E-state index in [0.717, 1.165) is 0 Å². The van der Waals surface area contributed by atoms with E-state index in [9.17, 15) is 32.3 Å². The Morgan fingerprint density at radius 2 is 1.94 bits per heavy atom. The lowest BCUT2D eigenvalue weighted by Crippen LogP contribution is -2.40. The Morgan fingerprint density at radius 3 is 2.39 bits per heavy atom. The molecule has 2 N–H and O–H groups in total. The predicted molar refractivity (Wildman–Crippen MR) is 53.3 cm³/mol. The molecule has 9 heteroatoms. The van der Waals surface area contributed by atoms with Gasteiger partial charge in [0.25, 0.3) is 5.56 Å². The monoisotopic (exact) mass is 270 g/mol. The molecule has 1 heterocycles. The second-order valence-electron chi connectivity index (χ2n) is 3.56. The first-order valence-corrected chi connectivity index (χ1v) is 4.91. The topological polar surface area (TPSA) is 75.1 Å². The van der Waals surface area contributed by atoms with Crippen LogP contribution >= 0.6 is 0 Å². The van der Waals surface area contributed by atoms with Gasteiger partial charge in [0.2, 0.25) is 5.88 Å². The number of nitrogens with zero attached hydrogens (tertiary/aromatic N) is 1. The first-order chi connectivity index (χ1) is 8.20. The van der Waals surface area contributed by atoms with E-state index in [1.165, 1.54) is 6.92 Å². The van der Waals surface area contributed by atoms with Crippen LogP contribution in [0.5, 0.6) is 5.88 Å². The Labute approximate surface area is 97.7 Å². The van der Waals surface area contributed by atoms with Crippen LogP contribution < -0.4 is 11.2 Å². The fraction of sp³-hybridized carbons (Fsp3) is 0.556. The van der Waals surface area contributed by atoms with Crippen LogP contribution in [0.2, 0.25) is 0 Å². The van der Waals surface area contributed by atoms with Gasteiger partial charge >= 0.3 is 18.0 Å². The van der Waals surface area contributed by atoms with Gasteiger partial charge in [0.05, 0.1) is 5.56 Å². The molecular weight excluding hydrogens is 260 g/mol. The van der Waals surface area contributed by atoms with Crippen molar-refractivity contribution in [3.63, 3.8) is 0 Å². The summed E-state index contributed by atoms with van der Waals surface area (Å²) in [5.74, 6) is -5.50. The average Bonchev–Trinajstić information content (AvgIpc) is 2.24. The highest BCUT2D eigenvalue weighted by Crippen LogP contribution is 2.26. The first kappa shape index (κ1) is 14.3. The maximum atomic E-state index is 12.8. The summed E-state index contributed by atoms with van der Waals surface area (Å²) in [7, 11) is 0. The highest BCUT2D eigenvalue weighted by atomic mass is 19.3. The van der Waals surface area contributed by atoms with Crippen molar-refractivity contribution >= 4 is 0 Å². The van der Waals surface area contributed by atoms with Gasteiger partial charge < -0.3 is 5.11 Å². The molecule has 5 nitrogen and oxygen atoms in total. The van der Waals surface area contributed by atoms with Crippen LogP contribution in [0, 0.1) is 0 Å². The summed E-state index contributed by atoms with van der Waals surface area (Å²) in [6, 6.07) is 0. The van der Waals surface area contributed by atoms with E-state index < -0.39 is 36.0 Å². The lowest BCUT2D eigenvalue weighted by Gasteiger charge is -2.17. The Morgan fingerprint density at radius 1 is 1.39 bits per heavy atom. The van der Waals surface area contributed by atoms with E-state index in [4.69, 9.17) is 0 Å². The standard InChI is InChI=1S/C9H10F4N2O3/c1-2-4-5(16)14-8(18)15(6(4)17)3-9(12,13)7(10)11/h7,17H,2-3H2,1H3,(H,14,16,18). The number of nitrogens with one attached hydrogen (secondary N) is 1. The van der Waals surface area contributed by atoms with E-state index in [2.05, 4.69) is 0 Å². The van der Waals surface area contributed by atoms with Gasteiger partial charge in [0.15, 0.2) is 0 Å². The minimum atomic E-state index is -4.48. The number of hydrogen-bond acceptors (Lipinski definition) is 3. The van der Waals surface area contributed by atoms with Gasteiger partial charge in [-0.05, 0) is 6.42 Å². The van der Waals surface area contributed by atoms with Gasteiger partial charge in [-0.15, -0.1) is 0 Å². The van der Waals surface area contributed by atoms with Gasteiger partial charge in [-0.1, -0.05) is 6.92 Å². The molecule has 0 radical (unpaired) electrons. The Hall–Kier alpha value is -1.80. The van der Waals surface area contributed by atoms with Crippen LogP contribution in [0.4, 0.5) is 17.6 Å². The Bertz CT molecular complexity index is 550. The summed E-state index contributed by atoms with van der Waals surface area (Å²) in [6.07, 6.45) is -4.03. The molecule has 0 fully saturated rings. The van der Waals surface area contributed by atoms with Crippen molar-refractivity contribution in [1.29, 1.82) is 0 Å². The summed E-state index contributed by atoms with van der Waals surface area (Å²) in [5, 5.41) is 9.46. The second kappa shape index (κ2) is 4.83. The van der Waals surface area contributed by atoms with E-state index in [1.54, 1.807) is 4.98 Å². The summed E-state index contributed by atoms with van der Waals surface area (Å²) in [6.45, 7) is -0.274. The zero-order valence-electron chi connectivity index (χ0n) is 9.21. The van der Waals surface area contributed by atoms with Crippen molar-refractivity contribution in [1.82, 2.24) is 9.55 Å². The molecule has 0 amide bonds. The normalized spacial score (nSPS) is 12.1. The Balaban J connectivity index is 3.35. The van der Waals surface area contributed by atoms with Gasteiger partial charge in [-0.2, -0.15) is 8.78 Å². The third kappa shape index (κ3) is 2.54. The summed E-state index contributed by atoms with van der Waals surface area (Å²) < 4.78 is 49.7. The molecule has 0 saturated carbocycles. The largest absolute Gasteiger partial charge is 0.494 e. The minimum absolute atomic E-state index is 0.0202. The molecule has 1 aromatic rings. The molecule has 0 aliphatic rings. The molecule has 0 atom stereocenters. The third-order valence-electron chi connectivity index (χ3n) is 2.31. The van der Waals surface area contributed by atoms with E-state index in [0.29, 0.717) is 0 Å². The third-order valence-corrected chi connectivity index (χ3v) is 2.31. The summed E-state index contributed by atoms with van der Waals surface area (Å²) >= 11 is 0. The fourth-order valence-corrected chi connectivity index (χ4v) is 1.35. The van der Waals surface area contributed by atoms with E-state index in [-0.39, 0.29) is 16.6 Å². The smallest absolute Gasteiger partial charge is 0.331 e. The minimum Gasteiger partial charge on any atom is -0.494 e. The molecular formula is C9H10F4N2O3. The molecule has 0 aliphatic heterocycles. The molecule has 1 rings (SSSR count). The van der Waals surface area contributed by atoms with E-state index in [1.807, 2.05) is 0 Å². The van der Waals surface area contributed by atoms with Crippen molar-refractivity contribution in [2.45, 2.75) is 32.2 Å². The van der Waals surface area contributed by atoms with Gasteiger partial charge in [0.1, 0.15) is 6.54 Å². The Kier molecular flexibility index (Phi) is 3.82. The van der Waals surface area contributed by atoms with Crippen LogP contribution in [0.15, 0.2) is 9.59 Å². The van der Waals surface area contributed by atoms with Crippen molar-refractivity contribution in [2.24, 2.45) is 0 Å². The van der Waals surface area contributed by atoms with Crippen LogP contribution in [-0.4, -0.2) is 27.0 Å². The molecule has 0 aliphatic carbocycles. The van der Waals surface area contributed by atoms with Gasteiger partial charge in [-0.25, -0.2) is 13.6 Å². The molecule has 1 aromatic heterocycles. The molecule has 0 unspecified atom stereocenters. The molecule has 102 valence electrons. The zero-order chi connectivity index (χ0) is 14.1. The number of aromatic hydroxyl groups is 1. The zero-order valence-corrected chi connectivity index (χ0v) is 9.21. The SMILES string of the molecule is CCc1c(O)n(CC(F)(F)C(F)F)c(=O)[nH]c1=O. The predicted octanol–water partition coefficient (Wildman–Crippen LogP) is 0.705. The highest BCUT2D eigenvalue weighted by molar-refractivity contribution is 5.22. The molecule has 0 aromatic carbocycles. The van der Waals surface area contributed by atoms with E-state index >= 15 is 0 Å². The number of H-pyrrole nitrogens is 1. The van der Waals surface area contributed by atoms with Crippen LogP contribution in [0.1, 0.15) is 12.5 Å². The van der Waals surface area contributed by atoms with Crippen LogP contribution in [-0.2, 0) is 13.0 Å². The molecule has 0 bridgehead atoms. The number of aromatic nitrogens is 2. The summed E-state index contributed by atoms with van der Waals surface area (Å²) in [5.41, 5.74) is -2.62. The maximum absolute atomic E-state index is 12.8. The van der Waals surface area contributed by atoms with Crippen LogP contribution in [0.25, 0.3) is 0 Å². The van der Waals surface area contributed by atoms with Gasteiger partial charge in [0, 0.05) is 0 Å². The number of aromatic amines is 1. The highest BCUT2D eigenvalue weighted by Gasteiger charge is 2.42. The van der Waals surface area contributed by atoms with Crippen LogP contribution in [0.3, 0.4) is 0 Å². The molecule has 0 spiro atoms. The molecule has 18 heavy (non-hydrogen) atoms. The second-order valence-corrected chi connectivity index (χ2v) is 3.56. The van der Waals surface area contributed by atoms with Crippen molar-refractivity contribution in [3.05, 3.63) is 26.4 Å². The maximum Gasteiger partial charge on any atom is 0.331 e. The fourth-order valence-electron chi connectivity index (χ4n) is 1.35.